The SMILES string of the molecule is CC1(C)CCN(Cc2ccc3nc(CN4C=Cc5c(Br)cncc5C4O)cn3c2)CC1. The lowest BCUT2D eigenvalue weighted by Gasteiger charge is -2.36. The summed E-state index contributed by atoms with van der Waals surface area (Å²) in [5.41, 5.74) is 5.40. The van der Waals surface area contributed by atoms with Crippen LogP contribution >= 0.6 is 15.9 Å². The number of aromatic nitrogens is 3. The van der Waals surface area contributed by atoms with Crippen molar-refractivity contribution in [1.82, 2.24) is 24.2 Å². The molecule has 0 aliphatic carbocycles. The Morgan fingerprint density at radius 2 is 1.94 bits per heavy atom. The Morgan fingerprint density at radius 3 is 2.74 bits per heavy atom. The summed E-state index contributed by atoms with van der Waals surface area (Å²) in [6.45, 7) is 8.56. The number of halogens is 1. The predicted octanol–water partition coefficient (Wildman–Crippen LogP) is 4.59. The van der Waals surface area contributed by atoms with E-state index < -0.39 is 6.23 Å². The van der Waals surface area contributed by atoms with Gasteiger partial charge in [-0.3, -0.25) is 9.88 Å². The van der Waals surface area contributed by atoms with Crippen molar-refractivity contribution in [3.8, 4) is 0 Å². The highest BCUT2D eigenvalue weighted by molar-refractivity contribution is 9.10. The van der Waals surface area contributed by atoms with E-state index in [2.05, 4.69) is 68.6 Å². The van der Waals surface area contributed by atoms with E-state index in [1.54, 1.807) is 12.4 Å². The standard InChI is InChI=1S/C24H28BrN5O/c1-24(2)6-9-28(10-7-24)13-17-3-4-22-27-18(16-30(22)14-17)15-29-8-5-19-20(23(29)31)11-26-12-21(19)25/h3-5,8,11-12,14,16,23,31H,6-7,9-10,13,15H2,1-2H3. The maximum Gasteiger partial charge on any atom is 0.155 e. The number of hydrogen-bond acceptors (Lipinski definition) is 5. The van der Waals surface area contributed by atoms with Gasteiger partial charge in [-0.1, -0.05) is 19.9 Å². The molecule has 3 aromatic heterocycles. The molecule has 7 heteroatoms. The highest BCUT2D eigenvalue weighted by Crippen LogP contribution is 2.33. The molecule has 0 radical (unpaired) electrons. The van der Waals surface area contributed by atoms with E-state index in [9.17, 15) is 5.11 Å². The van der Waals surface area contributed by atoms with Gasteiger partial charge < -0.3 is 14.4 Å². The lowest BCUT2D eigenvalue weighted by Crippen LogP contribution is -2.36. The van der Waals surface area contributed by atoms with Crippen LogP contribution in [0.25, 0.3) is 11.7 Å². The Hall–Kier alpha value is -2.22. The van der Waals surface area contributed by atoms with Gasteiger partial charge in [0.05, 0.1) is 12.2 Å². The monoisotopic (exact) mass is 481 g/mol. The van der Waals surface area contributed by atoms with Gasteiger partial charge in [-0.2, -0.15) is 0 Å². The van der Waals surface area contributed by atoms with E-state index >= 15 is 0 Å². The summed E-state index contributed by atoms with van der Waals surface area (Å²) in [5, 5.41) is 10.8. The van der Waals surface area contributed by atoms with E-state index in [-0.39, 0.29) is 0 Å². The summed E-state index contributed by atoms with van der Waals surface area (Å²) in [4.78, 5) is 13.4. The van der Waals surface area contributed by atoms with Gasteiger partial charge in [0.15, 0.2) is 6.23 Å². The van der Waals surface area contributed by atoms with Gasteiger partial charge in [0.2, 0.25) is 0 Å². The zero-order valence-electron chi connectivity index (χ0n) is 18.0. The molecule has 1 atom stereocenters. The molecule has 0 spiro atoms. The van der Waals surface area contributed by atoms with E-state index in [0.717, 1.165) is 46.6 Å². The minimum absolute atomic E-state index is 0.472. The van der Waals surface area contributed by atoms with E-state index in [1.165, 1.54) is 18.4 Å². The molecule has 1 fully saturated rings. The van der Waals surface area contributed by atoms with Crippen molar-refractivity contribution in [2.24, 2.45) is 5.41 Å². The van der Waals surface area contributed by atoms with Crippen molar-refractivity contribution in [2.45, 2.75) is 46.0 Å². The molecule has 5 rings (SSSR count). The first-order valence-electron chi connectivity index (χ1n) is 10.8. The molecule has 31 heavy (non-hydrogen) atoms. The largest absolute Gasteiger partial charge is 0.369 e. The number of imidazole rings is 1. The molecule has 162 valence electrons. The third-order valence-corrected chi connectivity index (χ3v) is 7.15. The summed E-state index contributed by atoms with van der Waals surface area (Å²) in [5.74, 6) is 0. The Balaban J connectivity index is 1.30. The topological polar surface area (TPSA) is 56.9 Å². The van der Waals surface area contributed by atoms with E-state index in [4.69, 9.17) is 4.98 Å². The van der Waals surface area contributed by atoms with Crippen molar-refractivity contribution in [2.75, 3.05) is 13.1 Å². The molecule has 0 bridgehead atoms. The first-order valence-corrected chi connectivity index (χ1v) is 11.6. The van der Waals surface area contributed by atoms with Crippen LogP contribution in [0.2, 0.25) is 0 Å². The number of rotatable bonds is 4. The molecule has 2 aliphatic rings. The van der Waals surface area contributed by atoms with Gasteiger partial charge in [0, 0.05) is 53.1 Å². The van der Waals surface area contributed by atoms with Gasteiger partial charge >= 0.3 is 0 Å². The second-order valence-corrected chi connectivity index (χ2v) is 10.3. The minimum Gasteiger partial charge on any atom is -0.369 e. The Morgan fingerprint density at radius 1 is 1.13 bits per heavy atom. The number of nitrogens with zero attached hydrogens (tertiary/aromatic N) is 5. The fourth-order valence-electron chi connectivity index (χ4n) is 4.43. The van der Waals surface area contributed by atoms with Crippen LogP contribution in [0.4, 0.5) is 0 Å². The second kappa shape index (κ2) is 8.04. The molecule has 1 saturated heterocycles. The zero-order chi connectivity index (χ0) is 21.6. The van der Waals surface area contributed by atoms with Crippen LogP contribution in [-0.2, 0) is 13.1 Å². The number of likely N-dealkylation sites (tertiary alicyclic amines) is 1. The van der Waals surface area contributed by atoms with Crippen LogP contribution in [0.1, 0.15) is 55.3 Å². The van der Waals surface area contributed by atoms with E-state index in [1.807, 2.05) is 17.2 Å². The maximum absolute atomic E-state index is 10.8. The number of pyridine rings is 2. The Bertz CT molecular complexity index is 1130. The van der Waals surface area contributed by atoms with Gasteiger partial charge in [-0.25, -0.2) is 4.98 Å². The average molecular weight is 482 g/mol. The summed E-state index contributed by atoms with van der Waals surface area (Å²) < 4.78 is 2.99. The molecule has 3 aromatic rings. The number of hydrogen-bond donors (Lipinski definition) is 1. The van der Waals surface area contributed by atoms with Crippen molar-refractivity contribution in [3.05, 3.63) is 70.0 Å². The van der Waals surface area contributed by atoms with Crippen LogP contribution in [0.3, 0.4) is 0 Å². The molecular weight excluding hydrogens is 454 g/mol. The molecule has 0 amide bonds. The van der Waals surface area contributed by atoms with Crippen LogP contribution in [0.15, 0.2) is 47.6 Å². The summed E-state index contributed by atoms with van der Waals surface area (Å²) in [6, 6.07) is 4.27. The number of piperidine rings is 1. The minimum atomic E-state index is -0.742. The average Bonchev–Trinajstić information content (AvgIpc) is 3.14. The highest BCUT2D eigenvalue weighted by atomic mass is 79.9. The molecule has 5 heterocycles. The number of fused-ring (bicyclic) bond motifs is 2. The van der Waals surface area contributed by atoms with Gasteiger partial charge in [0.25, 0.3) is 0 Å². The molecule has 0 saturated carbocycles. The van der Waals surface area contributed by atoms with Crippen LogP contribution in [0, 0.1) is 5.41 Å². The summed E-state index contributed by atoms with van der Waals surface area (Å²) in [6.07, 6.45) is 13.4. The lowest BCUT2D eigenvalue weighted by atomic mass is 9.82. The van der Waals surface area contributed by atoms with Crippen LogP contribution in [0.5, 0.6) is 0 Å². The summed E-state index contributed by atoms with van der Waals surface area (Å²) >= 11 is 3.50. The van der Waals surface area contributed by atoms with Crippen molar-refractivity contribution in [3.63, 3.8) is 0 Å². The first kappa shape index (κ1) is 20.7. The zero-order valence-corrected chi connectivity index (χ0v) is 19.6. The van der Waals surface area contributed by atoms with Crippen molar-refractivity contribution in [1.29, 1.82) is 0 Å². The number of aliphatic hydroxyl groups is 1. The Labute approximate surface area is 191 Å². The molecular formula is C24H28BrN5O. The Kier molecular flexibility index (Phi) is 5.36. The fourth-order valence-corrected chi connectivity index (χ4v) is 4.91. The van der Waals surface area contributed by atoms with Gasteiger partial charge in [-0.05, 0) is 65.0 Å². The second-order valence-electron chi connectivity index (χ2n) is 9.46. The third kappa shape index (κ3) is 4.27. The molecule has 1 unspecified atom stereocenters. The molecule has 0 aromatic carbocycles. The fraction of sp³-hybridized carbons (Fsp3) is 0.417. The predicted molar refractivity (Wildman–Crippen MR) is 125 cm³/mol. The van der Waals surface area contributed by atoms with Crippen molar-refractivity contribution < 1.29 is 5.11 Å². The normalized spacial score (nSPS) is 20.9. The molecule has 6 nitrogen and oxygen atoms in total. The van der Waals surface area contributed by atoms with E-state index in [0.29, 0.717) is 12.0 Å². The lowest BCUT2D eigenvalue weighted by molar-refractivity contribution is 0.0286. The highest BCUT2D eigenvalue weighted by Gasteiger charge is 2.26. The maximum atomic E-state index is 10.8. The summed E-state index contributed by atoms with van der Waals surface area (Å²) in [7, 11) is 0. The van der Waals surface area contributed by atoms with Gasteiger partial charge in [-0.15, -0.1) is 0 Å². The first-order chi connectivity index (χ1) is 14.9. The number of aliphatic hydroxyl groups excluding tert-OH is 1. The van der Waals surface area contributed by atoms with Crippen LogP contribution < -0.4 is 0 Å². The van der Waals surface area contributed by atoms with Crippen molar-refractivity contribution >= 4 is 27.7 Å². The quantitative estimate of drug-likeness (QED) is 0.590. The molecule has 2 aliphatic heterocycles. The molecule has 1 N–H and O–H groups in total. The third-order valence-electron chi connectivity index (χ3n) is 6.52. The van der Waals surface area contributed by atoms with Gasteiger partial charge in [0.1, 0.15) is 5.65 Å². The van der Waals surface area contributed by atoms with Crippen LogP contribution in [-0.4, -0.2) is 42.4 Å². The smallest absolute Gasteiger partial charge is 0.155 e.